The molecule has 166 valence electrons. The van der Waals surface area contributed by atoms with Crippen LogP contribution in [0.15, 0.2) is 47.6 Å². The molecule has 10 heteroatoms. The van der Waals surface area contributed by atoms with Crippen molar-refractivity contribution >= 4 is 21.8 Å². The summed E-state index contributed by atoms with van der Waals surface area (Å²) in [7, 11) is -3.83. The molecule has 1 aliphatic rings. The molecule has 2 heterocycles. The van der Waals surface area contributed by atoms with Gasteiger partial charge in [-0.1, -0.05) is 18.2 Å². The molecule has 0 unspecified atom stereocenters. The van der Waals surface area contributed by atoms with Crippen LogP contribution in [0.3, 0.4) is 0 Å². The maximum atomic E-state index is 13.3. The lowest BCUT2D eigenvalue weighted by Gasteiger charge is -2.35. The van der Waals surface area contributed by atoms with Gasteiger partial charge in [-0.05, 0) is 49.1 Å². The Bertz CT molecular complexity index is 1040. The standard InChI is InChI=1S/C21H26N4O5S/c1-15-6-7-16(2)18(11-15)31(28,29)25-9-4-10-30-19(25)14-24-21(27)20(26)23-13-17-5-3-8-22-12-17/h3,5-8,11-12,19H,4,9-10,13-14H2,1-2H3,(H,23,26)(H,24,27)/t19-/m1/s1. The van der Waals surface area contributed by atoms with E-state index in [0.29, 0.717) is 18.6 Å². The molecule has 1 atom stereocenters. The smallest absolute Gasteiger partial charge is 0.309 e. The first-order valence-electron chi connectivity index (χ1n) is 9.94. The number of nitrogens with one attached hydrogen (secondary N) is 2. The Morgan fingerprint density at radius 1 is 1.19 bits per heavy atom. The molecule has 3 rings (SSSR count). The molecule has 0 spiro atoms. The largest absolute Gasteiger partial charge is 0.360 e. The van der Waals surface area contributed by atoms with Gasteiger partial charge in [0, 0.05) is 25.5 Å². The highest BCUT2D eigenvalue weighted by Gasteiger charge is 2.35. The summed E-state index contributed by atoms with van der Waals surface area (Å²) >= 11 is 0. The van der Waals surface area contributed by atoms with Gasteiger partial charge < -0.3 is 15.4 Å². The molecular formula is C21H26N4O5S. The zero-order valence-electron chi connectivity index (χ0n) is 17.5. The van der Waals surface area contributed by atoms with Gasteiger partial charge in [0.2, 0.25) is 10.0 Å². The molecular weight excluding hydrogens is 420 g/mol. The lowest BCUT2D eigenvalue weighted by atomic mass is 10.2. The Labute approximate surface area is 181 Å². The average Bonchev–Trinajstić information content (AvgIpc) is 2.78. The van der Waals surface area contributed by atoms with Gasteiger partial charge in [0.25, 0.3) is 0 Å². The van der Waals surface area contributed by atoms with Crippen LogP contribution in [0.2, 0.25) is 0 Å². The van der Waals surface area contributed by atoms with Crippen molar-refractivity contribution in [2.75, 3.05) is 19.7 Å². The molecule has 2 N–H and O–H groups in total. The van der Waals surface area contributed by atoms with E-state index in [4.69, 9.17) is 4.74 Å². The third-order valence-electron chi connectivity index (χ3n) is 4.90. The van der Waals surface area contributed by atoms with Crippen LogP contribution in [0.4, 0.5) is 0 Å². The summed E-state index contributed by atoms with van der Waals surface area (Å²) in [6.07, 6.45) is 2.85. The Balaban J connectivity index is 1.63. The quantitative estimate of drug-likeness (QED) is 0.636. The summed E-state index contributed by atoms with van der Waals surface area (Å²) in [5.74, 6) is -1.68. The highest BCUT2D eigenvalue weighted by molar-refractivity contribution is 7.89. The van der Waals surface area contributed by atoms with Crippen molar-refractivity contribution in [3.05, 3.63) is 59.4 Å². The number of ether oxygens (including phenoxy) is 1. The Kier molecular flexibility index (Phi) is 7.37. The first-order chi connectivity index (χ1) is 14.8. The van der Waals surface area contributed by atoms with E-state index >= 15 is 0 Å². The van der Waals surface area contributed by atoms with Crippen molar-refractivity contribution in [3.8, 4) is 0 Å². The number of carbonyl (C=O) groups excluding carboxylic acids is 2. The SMILES string of the molecule is Cc1ccc(C)c(S(=O)(=O)N2CCCO[C@@H]2CNC(=O)C(=O)NCc2cccnc2)c1. The Morgan fingerprint density at radius 3 is 2.71 bits per heavy atom. The predicted octanol–water partition coefficient (Wildman–Crippen LogP) is 0.868. The number of aromatic nitrogens is 1. The molecule has 1 saturated heterocycles. The van der Waals surface area contributed by atoms with E-state index < -0.39 is 28.1 Å². The lowest BCUT2D eigenvalue weighted by Crippen LogP contribution is -2.53. The maximum Gasteiger partial charge on any atom is 0.309 e. The highest BCUT2D eigenvalue weighted by Crippen LogP contribution is 2.25. The van der Waals surface area contributed by atoms with Crippen molar-refractivity contribution in [1.29, 1.82) is 0 Å². The number of amides is 2. The number of benzene rings is 1. The van der Waals surface area contributed by atoms with Crippen LogP contribution in [0.5, 0.6) is 0 Å². The zero-order chi connectivity index (χ0) is 22.4. The molecule has 1 fully saturated rings. The number of aryl methyl sites for hydroxylation is 2. The Morgan fingerprint density at radius 2 is 1.97 bits per heavy atom. The molecule has 1 aromatic carbocycles. The van der Waals surface area contributed by atoms with Gasteiger partial charge in [0.1, 0.15) is 6.23 Å². The average molecular weight is 447 g/mol. The van der Waals surface area contributed by atoms with E-state index in [1.165, 1.54) is 4.31 Å². The normalized spacial score (nSPS) is 17.2. The molecule has 0 aliphatic carbocycles. The number of rotatable bonds is 6. The first-order valence-corrected chi connectivity index (χ1v) is 11.4. The van der Waals surface area contributed by atoms with Gasteiger partial charge in [-0.3, -0.25) is 14.6 Å². The van der Waals surface area contributed by atoms with Gasteiger partial charge >= 0.3 is 11.8 Å². The highest BCUT2D eigenvalue weighted by atomic mass is 32.2. The van der Waals surface area contributed by atoms with Crippen LogP contribution < -0.4 is 10.6 Å². The van der Waals surface area contributed by atoms with Crippen molar-refractivity contribution < 1.29 is 22.7 Å². The van der Waals surface area contributed by atoms with Crippen LogP contribution in [0, 0.1) is 13.8 Å². The van der Waals surface area contributed by atoms with Crippen molar-refractivity contribution in [2.45, 2.75) is 37.9 Å². The molecule has 2 amide bonds. The Hall–Kier alpha value is -2.82. The zero-order valence-corrected chi connectivity index (χ0v) is 18.3. The van der Waals surface area contributed by atoms with Gasteiger partial charge in [-0.25, -0.2) is 8.42 Å². The molecule has 9 nitrogen and oxygen atoms in total. The number of hydrogen-bond donors (Lipinski definition) is 2. The van der Waals surface area contributed by atoms with E-state index in [0.717, 1.165) is 11.1 Å². The summed E-state index contributed by atoms with van der Waals surface area (Å²) in [6.45, 7) is 4.22. The number of hydrogen-bond acceptors (Lipinski definition) is 6. The summed E-state index contributed by atoms with van der Waals surface area (Å²) in [6, 6.07) is 8.74. The van der Waals surface area contributed by atoms with E-state index in [9.17, 15) is 18.0 Å². The van der Waals surface area contributed by atoms with Crippen LogP contribution in [0.1, 0.15) is 23.1 Å². The summed E-state index contributed by atoms with van der Waals surface area (Å²) < 4.78 is 33.4. The molecule has 31 heavy (non-hydrogen) atoms. The molecule has 0 radical (unpaired) electrons. The summed E-state index contributed by atoms with van der Waals surface area (Å²) in [4.78, 5) is 28.4. The minimum atomic E-state index is -3.83. The number of carbonyl (C=O) groups is 2. The molecule has 1 aromatic heterocycles. The maximum absolute atomic E-state index is 13.3. The van der Waals surface area contributed by atoms with Crippen molar-refractivity contribution in [1.82, 2.24) is 19.9 Å². The fraction of sp³-hybridized carbons (Fsp3) is 0.381. The monoisotopic (exact) mass is 446 g/mol. The molecule has 0 bridgehead atoms. The van der Waals surface area contributed by atoms with E-state index in [1.54, 1.807) is 43.6 Å². The molecule has 1 aliphatic heterocycles. The summed E-state index contributed by atoms with van der Waals surface area (Å²) in [5.41, 5.74) is 2.22. The first kappa shape index (κ1) is 22.9. The third kappa shape index (κ3) is 5.66. The third-order valence-corrected chi connectivity index (χ3v) is 6.93. The number of pyridine rings is 1. The fourth-order valence-electron chi connectivity index (χ4n) is 3.24. The van der Waals surface area contributed by atoms with Gasteiger partial charge in [0.05, 0.1) is 18.0 Å². The van der Waals surface area contributed by atoms with E-state index in [-0.39, 0.29) is 24.5 Å². The number of sulfonamides is 1. The lowest BCUT2D eigenvalue weighted by molar-refractivity contribution is -0.140. The van der Waals surface area contributed by atoms with Crippen molar-refractivity contribution in [3.63, 3.8) is 0 Å². The molecule has 2 aromatic rings. The van der Waals surface area contributed by atoms with Crippen molar-refractivity contribution in [2.24, 2.45) is 0 Å². The minimum Gasteiger partial charge on any atom is -0.360 e. The predicted molar refractivity (Wildman–Crippen MR) is 113 cm³/mol. The van der Waals surface area contributed by atoms with Crippen LogP contribution >= 0.6 is 0 Å². The van der Waals surface area contributed by atoms with E-state index in [2.05, 4.69) is 15.6 Å². The number of nitrogens with zero attached hydrogens (tertiary/aromatic N) is 2. The van der Waals surface area contributed by atoms with Gasteiger partial charge in [-0.2, -0.15) is 4.31 Å². The molecule has 0 saturated carbocycles. The summed E-state index contributed by atoms with van der Waals surface area (Å²) in [5, 5.41) is 4.97. The van der Waals surface area contributed by atoms with Gasteiger partial charge in [-0.15, -0.1) is 0 Å². The van der Waals surface area contributed by atoms with E-state index in [1.807, 2.05) is 13.0 Å². The topological polar surface area (TPSA) is 118 Å². The van der Waals surface area contributed by atoms with Crippen LogP contribution in [-0.2, 0) is 30.9 Å². The second kappa shape index (κ2) is 9.99. The fourth-order valence-corrected chi connectivity index (χ4v) is 5.12. The van der Waals surface area contributed by atoms with Gasteiger partial charge in [0.15, 0.2) is 0 Å². The van der Waals surface area contributed by atoms with Crippen LogP contribution in [-0.4, -0.2) is 55.4 Å². The minimum absolute atomic E-state index is 0.136. The second-order valence-corrected chi connectivity index (χ2v) is 9.18. The second-order valence-electron chi connectivity index (χ2n) is 7.32. The van der Waals surface area contributed by atoms with Crippen LogP contribution in [0.25, 0.3) is 0 Å².